The highest BCUT2D eigenvalue weighted by Crippen LogP contribution is 2.63. The Morgan fingerprint density at radius 2 is 1.41 bits per heavy atom. The number of nitrogens with zero attached hydrogens (tertiary/aromatic N) is 4. The molecule has 7 atom stereocenters. The highest BCUT2D eigenvalue weighted by atomic mass is 15.9. The Hall–Kier alpha value is -6.10. The number of hydrazine groups is 1. The van der Waals surface area contributed by atoms with E-state index in [1.807, 2.05) is 0 Å². The minimum absolute atomic E-state index is 0.168. The fourth-order valence-electron chi connectivity index (χ4n) is 10.6. The maximum Gasteiger partial charge on any atom is 0.123 e. The molecule has 0 spiro atoms. The minimum Gasteiger partial charge on any atom is -0.336 e. The Bertz CT molecular complexity index is 2620. The van der Waals surface area contributed by atoms with Crippen LogP contribution < -0.4 is 4.90 Å². The molecular weight excluding hydrogens is 657 g/mol. The Labute approximate surface area is 316 Å². The summed E-state index contributed by atoms with van der Waals surface area (Å²) in [7, 11) is 0. The largest absolute Gasteiger partial charge is 0.336 e. The molecule has 0 radical (unpaired) electrons. The lowest BCUT2D eigenvalue weighted by atomic mass is 9.75. The maximum absolute atomic E-state index is 2.74. The molecule has 3 aliphatic heterocycles. The van der Waals surface area contributed by atoms with Crippen molar-refractivity contribution in [2.75, 3.05) is 4.90 Å². The third-order valence-electron chi connectivity index (χ3n) is 12.8. The van der Waals surface area contributed by atoms with Gasteiger partial charge in [-0.2, -0.15) is 5.01 Å². The third kappa shape index (κ3) is 4.29. The van der Waals surface area contributed by atoms with Crippen molar-refractivity contribution in [3.8, 4) is 11.3 Å². The molecule has 6 aliphatic rings. The van der Waals surface area contributed by atoms with Gasteiger partial charge in [-0.3, -0.25) is 5.01 Å². The number of fused-ring (bicyclic) bond motifs is 11. The number of allylic oxidation sites excluding steroid dienone is 7. The van der Waals surface area contributed by atoms with E-state index < -0.39 is 0 Å². The Morgan fingerprint density at radius 3 is 2.26 bits per heavy atom. The van der Waals surface area contributed by atoms with Gasteiger partial charge in [-0.25, -0.2) is 0 Å². The number of anilines is 1. The molecule has 54 heavy (non-hydrogen) atoms. The van der Waals surface area contributed by atoms with Gasteiger partial charge >= 0.3 is 0 Å². The molecule has 0 amide bonds. The van der Waals surface area contributed by atoms with Gasteiger partial charge in [0.15, 0.2) is 0 Å². The molecule has 12 rings (SSSR count). The summed E-state index contributed by atoms with van der Waals surface area (Å²) in [6.07, 6.45) is 21.1. The predicted molar refractivity (Wildman–Crippen MR) is 219 cm³/mol. The van der Waals surface area contributed by atoms with Crippen molar-refractivity contribution in [3.63, 3.8) is 0 Å². The fourth-order valence-corrected chi connectivity index (χ4v) is 10.6. The SMILES string of the molecule is C1=CCC(n2c3c(c4ccccc42)C2c4ccccc4N(C4=CC=CC(C5N6C(c7ccccc7)=CC(c7ccccc7)N56)C4)C2c2ccccc2-3)C=C1. The first-order valence-electron chi connectivity index (χ1n) is 19.6. The zero-order chi connectivity index (χ0) is 35.3. The molecular formula is C50H40N4. The van der Waals surface area contributed by atoms with Crippen LogP contribution in [-0.2, 0) is 0 Å². The first-order valence-corrected chi connectivity index (χ1v) is 19.6. The van der Waals surface area contributed by atoms with Crippen LogP contribution in [0.2, 0.25) is 0 Å². The Morgan fingerprint density at radius 1 is 0.648 bits per heavy atom. The summed E-state index contributed by atoms with van der Waals surface area (Å²) in [5, 5.41) is 6.56. The van der Waals surface area contributed by atoms with Crippen LogP contribution in [0, 0.1) is 5.92 Å². The molecule has 1 fully saturated rings. The van der Waals surface area contributed by atoms with E-state index in [0.29, 0.717) is 12.1 Å². The van der Waals surface area contributed by atoms with E-state index in [1.54, 1.807) is 0 Å². The second kappa shape index (κ2) is 11.7. The van der Waals surface area contributed by atoms with Crippen molar-refractivity contribution in [2.45, 2.75) is 43.1 Å². The number of para-hydroxylation sites is 2. The molecule has 260 valence electrons. The van der Waals surface area contributed by atoms with Crippen LogP contribution in [0.15, 0.2) is 188 Å². The van der Waals surface area contributed by atoms with Crippen LogP contribution in [0.25, 0.3) is 27.9 Å². The van der Waals surface area contributed by atoms with Crippen molar-refractivity contribution >= 4 is 22.3 Å². The van der Waals surface area contributed by atoms with Crippen LogP contribution in [0.5, 0.6) is 0 Å². The van der Waals surface area contributed by atoms with E-state index in [9.17, 15) is 0 Å². The molecule has 0 N–H and O–H groups in total. The summed E-state index contributed by atoms with van der Waals surface area (Å²) in [4.78, 5) is 2.74. The molecule has 4 heteroatoms. The Balaban J connectivity index is 0.964. The lowest BCUT2D eigenvalue weighted by Crippen LogP contribution is -2.32. The molecule has 1 saturated heterocycles. The summed E-state index contributed by atoms with van der Waals surface area (Å²) < 4.78 is 2.65. The van der Waals surface area contributed by atoms with Crippen LogP contribution in [-0.4, -0.2) is 20.8 Å². The van der Waals surface area contributed by atoms with Gasteiger partial charge in [-0.05, 0) is 64.9 Å². The van der Waals surface area contributed by atoms with Crippen molar-refractivity contribution in [1.29, 1.82) is 0 Å². The van der Waals surface area contributed by atoms with Gasteiger partial charge in [0, 0.05) is 39.7 Å². The molecule has 7 unspecified atom stereocenters. The Kier molecular flexibility index (Phi) is 6.58. The van der Waals surface area contributed by atoms with Crippen LogP contribution in [0.4, 0.5) is 5.69 Å². The highest BCUT2D eigenvalue weighted by molar-refractivity contribution is 5.97. The van der Waals surface area contributed by atoms with Gasteiger partial charge in [0.2, 0.25) is 0 Å². The average molecular weight is 697 g/mol. The van der Waals surface area contributed by atoms with Gasteiger partial charge in [0.1, 0.15) is 6.17 Å². The molecule has 3 aliphatic carbocycles. The van der Waals surface area contributed by atoms with Gasteiger partial charge in [-0.15, -0.1) is 0 Å². The minimum atomic E-state index is 0.168. The molecule has 1 aromatic heterocycles. The maximum atomic E-state index is 2.74. The van der Waals surface area contributed by atoms with Crippen LogP contribution >= 0.6 is 0 Å². The van der Waals surface area contributed by atoms with E-state index in [2.05, 4.69) is 202 Å². The van der Waals surface area contributed by atoms with Gasteiger partial charge in [0.05, 0.1) is 29.5 Å². The van der Waals surface area contributed by atoms with Crippen molar-refractivity contribution < 1.29 is 0 Å². The molecule has 0 bridgehead atoms. The number of hydrogen-bond acceptors (Lipinski definition) is 3. The van der Waals surface area contributed by atoms with E-state index in [1.165, 1.54) is 67.1 Å². The lowest BCUT2D eigenvalue weighted by molar-refractivity contribution is 0.355. The number of hydrogen-bond donors (Lipinski definition) is 0. The average Bonchev–Trinajstić information content (AvgIpc) is 3.50. The zero-order valence-electron chi connectivity index (χ0n) is 30.0. The van der Waals surface area contributed by atoms with Gasteiger partial charge in [0.25, 0.3) is 0 Å². The first kappa shape index (κ1) is 30.4. The molecule has 4 nitrogen and oxygen atoms in total. The molecule has 0 saturated carbocycles. The number of rotatable bonds is 5. The topological polar surface area (TPSA) is 14.2 Å². The highest BCUT2D eigenvalue weighted by Gasteiger charge is 2.58. The lowest BCUT2D eigenvalue weighted by Gasteiger charge is -2.39. The molecule has 4 heterocycles. The smallest absolute Gasteiger partial charge is 0.123 e. The van der Waals surface area contributed by atoms with Crippen molar-refractivity contribution in [1.82, 2.24) is 14.6 Å². The van der Waals surface area contributed by atoms with E-state index in [0.717, 1.165) is 12.8 Å². The monoisotopic (exact) mass is 696 g/mol. The summed E-state index contributed by atoms with van der Waals surface area (Å²) in [5.74, 6) is 0.561. The molecule has 5 aromatic carbocycles. The number of benzene rings is 5. The van der Waals surface area contributed by atoms with E-state index in [4.69, 9.17) is 0 Å². The second-order valence-corrected chi connectivity index (χ2v) is 15.5. The van der Waals surface area contributed by atoms with Gasteiger partial charge in [-0.1, -0.05) is 158 Å². The van der Waals surface area contributed by atoms with Gasteiger partial charge < -0.3 is 9.47 Å². The quantitative estimate of drug-likeness (QED) is 0.167. The predicted octanol–water partition coefficient (Wildman–Crippen LogP) is 11.5. The summed E-state index contributed by atoms with van der Waals surface area (Å²) >= 11 is 0. The van der Waals surface area contributed by atoms with Crippen LogP contribution in [0.1, 0.15) is 64.7 Å². The van der Waals surface area contributed by atoms with E-state index >= 15 is 0 Å². The van der Waals surface area contributed by atoms with Crippen molar-refractivity contribution in [2.24, 2.45) is 5.92 Å². The first-order chi connectivity index (χ1) is 26.8. The van der Waals surface area contributed by atoms with E-state index in [-0.39, 0.29) is 24.0 Å². The normalized spacial score (nSPS) is 26.9. The standard InChI is InChI=1S/C50H40N4/c1-4-17-33(18-5-1)44-32-45(34-19-6-2-7-20-34)54-50(53(44)54)35-21-16-24-37(31-35)52-43-30-15-13-28-41(43)47-46-40-27-12-14-29-42(40)51(36-22-8-3-9-23-36)48(46)38-25-10-11-26-39(38)49(47)52/h1-22,24-30,32,35-36,44,47,49-50H,23,31H2. The van der Waals surface area contributed by atoms with Crippen molar-refractivity contribution in [3.05, 3.63) is 216 Å². The summed E-state index contributed by atoms with van der Waals surface area (Å²) in [5.41, 5.74) is 15.1. The number of aromatic nitrogens is 1. The second-order valence-electron chi connectivity index (χ2n) is 15.5. The third-order valence-corrected chi connectivity index (χ3v) is 12.8. The summed E-state index contributed by atoms with van der Waals surface area (Å²) in [6, 6.07) is 50.3. The molecule has 6 aromatic rings. The van der Waals surface area contributed by atoms with Crippen LogP contribution in [0.3, 0.4) is 0 Å². The summed E-state index contributed by atoms with van der Waals surface area (Å²) in [6.45, 7) is 0. The zero-order valence-corrected chi connectivity index (χ0v) is 30.0. The fraction of sp³-hybridized carbons (Fsp3) is 0.160.